The van der Waals surface area contributed by atoms with Gasteiger partial charge >= 0.3 is 12.1 Å². The van der Waals surface area contributed by atoms with Crippen LogP contribution in [0.1, 0.15) is 39.9 Å². The molecule has 0 aliphatic carbocycles. The number of aliphatic imine (C=N–C) groups is 1. The molecule has 37 heavy (non-hydrogen) atoms. The maximum atomic E-state index is 14.5. The van der Waals surface area contributed by atoms with E-state index in [1.165, 1.54) is 31.2 Å². The van der Waals surface area contributed by atoms with Crippen molar-refractivity contribution >= 4 is 23.3 Å². The van der Waals surface area contributed by atoms with Gasteiger partial charge in [-0.2, -0.15) is 13.2 Å². The van der Waals surface area contributed by atoms with E-state index in [9.17, 15) is 31.5 Å². The summed E-state index contributed by atoms with van der Waals surface area (Å²) in [4.78, 5) is 28.2. The number of aliphatic carboxylic acids is 1. The van der Waals surface area contributed by atoms with Crippen LogP contribution in [0.4, 0.5) is 27.6 Å². The number of carboxylic acid groups (broad SMARTS) is 1. The molecule has 1 aliphatic rings. The van der Waals surface area contributed by atoms with E-state index >= 15 is 0 Å². The van der Waals surface area contributed by atoms with Gasteiger partial charge in [-0.25, -0.2) is 13.6 Å². The van der Waals surface area contributed by atoms with E-state index in [4.69, 9.17) is 9.84 Å². The lowest BCUT2D eigenvalue weighted by molar-refractivity contribution is -0.138. The van der Waals surface area contributed by atoms with Gasteiger partial charge < -0.3 is 15.2 Å². The van der Waals surface area contributed by atoms with Crippen LogP contribution in [0, 0.1) is 18.6 Å². The second kappa shape index (κ2) is 10.00. The molecule has 1 amide bonds. The molecular formula is C26H19F5N2O4. The first kappa shape index (κ1) is 25.8. The summed E-state index contributed by atoms with van der Waals surface area (Å²) in [7, 11) is 0. The van der Waals surface area contributed by atoms with Crippen LogP contribution in [0.25, 0.3) is 0 Å². The second-order valence-corrected chi connectivity index (χ2v) is 8.34. The molecular weight excluding hydrogens is 499 g/mol. The van der Waals surface area contributed by atoms with Crippen molar-refractivity contribution in [1.29, 1.82) is 0 Å². The van der Waals surface area contributed by atoms with Gasteiger partial charge in [0.25, 0.3) is 5.91 Å². The van der Waals surface area contributed by atoms with Crippen LogP contribution in [0.2, 0.25) is 0 Å². The van der Waals surface area contributed by atoms with E-state index < -0.39 is 46.9 Å². The van der Waals surface area contributed by atoms with Gasteiger partial charge in [-0.05, 0) is 79.9 Å². The van der Waals surface area contributed by atoms with Crippen LogP contribution in [0.15, 0.2) is 59.6 Å². The van der Waals surface area contributed by atoms with E-state index in [2.05, 4.69) is 10.3 Å². The molecule has 0 saturated heterocycles. The van der Waals surface area contributed by atoms with Crippen molar-refractivity contribution in [2.45, 2.75) is 32.0 Å². The summed E-state index contributed by atoms with van der Waals surface area (Å²) in [6, 6.07) is 8.36. The Labute approximate surface area is 207 Å². The number of alkyl halides is 3. The number of aryl methyl sites for hydroxylation is 1. The van der Waals surface area contributed by atoms with Crippen molar-refractivity contribution in [3.8, 4) is 11.5 Å². The van der Waals surface area contributed by atoms with Crippen LogP contribution < -0.4 is 10.1 Å². The molecule has 0 spiro atoms. The highest BCUT2D eigenvalue weighted by Gasteiger charge is 2.32. The Balaban J connectivity index is 1.67. The highest BCUT2D eigenvalue weighted by atomic mass is 19.4. The largest absolute Gasteiger partial charge is 0.480 e. The third-order valence-electron chi connectivity index (χ3n) is 5.69. The molecule has 0 aromatic heterocycles. The van der Waals surface area contributed by atoms with E-state index in [1.54, 1.807) is 0 Å². The Morgan fingerprint density at radius 3 is 2.41 bits per heavy atom. The molecule has 192 valence electrons. The van der Waals surface area contributed by atoms with Gasteiger partial charge in [0.1, 0.15) is 29.2 Å². The Bertz CT molecular complexity index is 1420. The van der Waals surface area contributed by atoms with Crippen molar-refractivity contribution in [3.63, 3.8) is 0 Å². The predicted molar refractivity (Wildman–Crippen MR) is 124 cm³/mol. The number of carboxylic acids is 1. The number of hydrogen-bond acceptors (Lipinski definition) is 4. The summed E-state index contributed by atoms with van der Waals surface area (Å²) in [5.74, 6) is -3.44. The average molecular weight is 518 g/mol. The molecule has 0 bridgehead atoms. The van der Waals surface area contributed by atoms with E-state index in [0.29, 0.717) is 11.6 Å². The molecule has 1 unspecified atom stereocenters. The topological polar surface area (TPSA) is 88.0 Å². The average Bonchev–Trinajstić information content (AvgIpc) is 3.32. The van der Waals surface area contributed by atoms with Crippen molar-refractivity contribution < 1.29 is 41.4 Å². The van der Waals surface area contributed by atoms with E-state index in [-0.39, 0.29) is 41.3 Å². The first-order valence-corrected chi connectivity index (χ1v) is 11.0. The zero-order valence-corrected chi connectivity index (χ0v) is 19.2. The number of nitrogens with zero attached hydrogens (tertiary/aromatic N) is 1. The van der Waals surface area contributed by atoms with Crippen molar-refractivity contribution in [3.05, 3.63) is 88.5 Å². The van der Waals surface area contributed by atoms with E-state index in [1.807, 2.05) is 0 Å². The minimum atomic E-state index is -4.75. The molecule has 1 aliphatic heterocycles. The molecule has 3 aromatic carbocycles. The van der Waals surface area contributed by atoms with Gasteiger partial charge in [-0.3, -0.25) is 9.79 Å². The second-order valence-electron chi connectivity index (χ2n) is 8.34. The normalized spacial score (nSPS) is 15.3. The monoisotopic (exact) mass is 518 g/mol. The molecule has 11 heteroatoms. The number of benzene rings is 3. The zero-order valence-electron chi connectivity index (χ0n) is 19.2. The lowest BCUT2D eigenvalue weighted by atomic mass is 10.0. The lowest BCUT2D eigenvalue weighted by Gasteiger charge is -2.16. The van der Waals surface area contributed by atoms with Gasteiger partial charge in [0, 0.05) is 17.0 Å². The first-order chi connectivity index (χ1) is 17.4. The van der Waals surface area contributed by atoms with Crippen LogP contribution in [0.5, 0.6) is 11.5 Å². The van der Waals surface area contributed by atoms with Crippen LogP contribution in [0.3, 0.4) is 0 Å². The highest BCUT2D eigenvalue weighted by molar-refractivity contribution is 6.08. The highest BCUT2D eigenvalue weighted by Crippen LogP contribution is 2.35. The first-order valence-electron chi connectivity index (χ1n) is 11.0. The standard InChI is InChI=1S/C26H19F5N2O4/c1-13-10-15(27)3-9-22(13)37-23-8-2-14(26(29,30)31)11-18(23)24(34)32-16-4-5-19(28)17(12-16)20-6-7-21(33-20)25(35)36/h2-5,8-12,21H,6-7H2,1H3,(H,32,34)(H,35,36). The number of anilines is 1. The summed E-state index contributed by atoms with van der Waals surface area (Å²) < 4.78 is 73.7. The molecule has 0 saturated carbocycles. The minimum Gasteiger partial charge on any atom is -0.480 e. The van der Waals surface area contributed by atoms with Gasteiger partial charge in [0.05, 0.1) is 11.1 Å². The number of amides is 1. The van der Waals surface area contributed by atoms with Crippen molar-refractivity contribution in [2.24, 2.45) is 4.99 Å². The zero-order chi connectivity index (χ0) is 26.9. The Morgan fingerprint density at radius 2 is 1.76 bits per heavy atom. The SMILES string of the molecule is Cc1cc(F)ccc1Oc1ccc(C(F)(F)F)cc1C(=O)Nc1ccc(F)c(C2=NC(C(=O)O)CC2)c1. The summed E-state index contributed by atoms with van der Waals surface area (Å²) in [6.45, 7) is 1.53. The van der Waals surface area contributed by atoms with Crippen LogP contribution in [-0.2, 0) is 11.0 Å². The minimum absolute atomic E-state index is 0.0241. The molecule has 6 nitrogen and oxygen atoms in total. The Hall–Kier alpha value is -4.28. The number of ether oxygens (including phenoxy) is 1. The number of carbonyl (C=O) groups is 2. The van der Waals surface area contributed by atoms with Crippen molar-refractivity contribution in [1.82, 2.24) is 0 Å². The van der Waals surface area contributed by atoms with Gasteiger partial charge in [-0.1, -0.05) is 0 Å². The fourth-order valence-electron chi connectivity index (χ4n) is 3.81. The van der Waals surface area contributed by atoms with Crippen LogP contribution in [-0.4, -0.2) is 28.7 Å². The molecule has 1 heterocycles. The molecule has 3 aromatic rings. The molecule has 1 atom stereocenters. The summed E-state index contributed by atoms with van der Waals surface area (Å²) in [5.41, 5.74) is -0.982. The maximum Gasteiger partial charge on any atom is 0.416 e. The fraction of sp³-hybridized carbons (Fsp3) is 0.192. The van der Waals surface area contributed by atoms with Gasteiger partial charge in [0.2, 0.25) is 0 Å². The van der Waals surface area contributed by atoms with Gasteiger partial charge in [0.15, 0.2) is 0 Å². The Kier molecular flexibility index (Phi) is 6.97. The molecule has 2 N–H and O–H groups in total. The number of nitrogens with one attached hydrogen (secondary N) is 1. The maximum absolute atomic E-state index is 14.5. The smallest absolute Gasteiger partial charge is 0.416 e. The third-order valence-corrected chi connectivity index (χ3v) is 5.69. The number of hydrogen-bond donors (Lipinski definition) is 2. The predicted octanol–water partition coefficient (Wildman–Crippen LogP) is 6.37. The molecule has 0 radical (unpaired) electrons. The van der Waals surface area contributed by atoms with E-state index in [0.717, 1.165) is 24.3 Å². The van der Waals surface area contributed by atoms with Crippen molar-refractivity contribution in [2.75, 3.05) is 5.32 Å². The Morgan fingerprint density at radius 1 is 1.03 bits per heavy atom. The number of halogens is 5. The lowest BCUT2D eigenvalue weighted by Crippen LogP contribution is -2.16. The summed E-state index contributed by atoms with van der Waals surface area (Å²) in [5, 5.41) is 11.5. The summed E-state index contributed by atoms with van der Waals surface area (Å²) >= 11 is 0. The molecule has 4 rings (SSSR count). The van der Waals surface area contributed by atoms with Crippen LogP contribution >= 0.6 is 0 Å². The fourth-order valence-corrected chi connectivity index (χ4v) is 3.81. The number of rotatable bonds is 6. The van der Waals surface area contributed by atoms with Gasteiger partial charge in [-0.15, -0.1) is 0 Å². The number of carbonyl (C=O) groups excluding carboxylic acids is 1. The quantitative estimate of drug-likeness (QED) is 0.371. The third kappa shape index (κ3) is 5.76. The molecule has 0 fully saturated rings. The summed E-state index contributed by atoms with van der Waals surface area (Å²) in [6.07, 6.45) is -4.36.